The van der Waals surface area contributed by atoms with Gasteiger partial charge >= 0.3 is 12.0 Å². The van der Waals surface area contributed by atoms with Gasteiger partial charge in [0.2, 0.25) is 5.95 Å². The second kappa shape index (κ2) is 5.99. The number of rotatable bonds is 5. The molecule has 0 saturated carbocycles. The van der Waals surface area contributed by atoms with Crippen LogP contribution in [0.15, 0.2) is 24.3 Å². The van der Waals surface area contributed by atoms with Gasteiger partial charge < -0.3 is 15.2 Å². The van der Waals surface area contributed by atoms with Crippen molar-refractivity contribution in [1.29, 1.82) is 0 Å². The molecule has 1 heterocycles. The molecule has 0 atom stereocenters. The van der Waals surface area contributed by atoms with E-state index in [1.165, 1.54) is 5.56 Å². The maximum Gasteiger partial charge on any atom is 0.330 e. The van der Waals surface area contributed by atoms with Gasteiger partial charge in [-0.05, 0) is 31.0 Å². The molecule has 0 aliphatic rings. The Balaban J connectivity index is 2.17. The third kappa shape index (κ3) is 3.54. The number of hydrogen-bond acceptors (Lipinski definition) is 6. The lowest BCUT2D eigenvalue weighted by molar-refractivity contribution is 0.304. The first-order valence-corrected chi connectivity index (χ1v) is 6.12. The SMILES string of the molecule is CCOc1nc(N)nc(Oc2ccc(CC)cc2)n1. The fourth-order valence-electron chi connectivity index (χ4n) is 1.49. The van der Waals surface area contributed by atoms with Gasteiger partial charge in [-0.25, -0.2) is 0 Å². The first-order chi connectivity index (χ1) is 9.21. The van der Waals surface area contributed by atoms with Gasteiger partial charge in [-0.15, -0.1) is 4.98 Å². The van der Waals surface area contributed by atoms with Crippen LogP contribution in [0.25, 0.3) is 0 Å². The number of nitrogens with two attached hydrogens (primary N) is 1. The molecular weight excluding hydrogens is 244 g/mol. The topological polar surface area (TPSA) is 83.2 Å². The highest BCUT2D eigenvalue weighted by molar-refractivity contribution is 5.30. The first kappa shape index (κ1) is 13.1. The van der Waals surface area contributed by atoms with Crippen molar-refractivity contribution >= 4 is 5.95 Å². The zero-order chi connectivity index (χ0) is 13.7. The average Bonchev–Trinajstić information content (AvgIpc) is 2.39. The van der Waals surface area contributed by atoms with Gasteiger partial charge in [0.15, 0.2) is 0 Å². The van der Waals surface area contributed by atoms with Crippen molar-refractivity contribution in [2.75, 3.05) is 12.3 Å². The van der Waals surface area contributed by atoms with Crippen molar-refractivity contribution in [3.05, 3.63) is 29.8 Å². The van der Waals surface area contributed by atoms with E-state index in [1.807, 2.05) is 31.2 Å². The molecule has 0 unspecified atom stereocenters. The van der Waals surface area contributed by atoms with Crippen LogP contribution in [0.2, 0.25) is 0 Å². The first-order valence-electron chi connectivity index (χ1n) is 6.12. The van der Waals surface area contributed by atoms with Crippen LogP contribution in [-0.4, -0.2) is 21.6 Å². The second-order valence-corrected chi connectivity index (χ2v) is 3.79. The molecule has 100 valence electrons. The zero-order valence-electron chi connectivity index (χ0n) is 11.0. The normalized spacial score (nSPS) is 10.2. The molecule has 6 heteroatoms. The fourth-order valence-corrected chi connectivity index (χ4v) is 1.49. The summed E-state index contributed by atoms with van der Waals surface area (Å²) >= 11 is 0. The van der Waals surface area contributed by atoms with Crippen LogP contribution in [0, 0.1) is 0 Å². The van der Waals surface area contributed by atoms with Gasteiger partial charge in [-0.3, -0.25) is 0 Å². The Bertz CT molecular complexity index is 543. The van der Waals surface area contributed by atoms with E-state index in [9.17, 15) is 0 Å². The van der Waals surface area contributed by atoms with Gasteiger partial charge in [-0.1, -0.05) is 19.1 Å². The lowest BCUT2D eigenvalue weighted by atomic mass is 10.2. The fraction of sp³-hybridized carbons (Fsp3) is 0.308. The van der Waals surface area contributed by atoms with Crippen LogP contribution in [0.1, 0.15) is 19.4 Å². The van der Waals surface area contributed by atoms with Crippen LogP contribution in [-0.2, 0) is 6.42 Å². The number of nitrogens with zero attached hydrogens (tertiary/aromatic N) is 3. The summed E-state index contributed by atoms with van der Waals surface area (Å²) in [6, 6.07) is 7.99. The van der Waals surface area contributed by atoms with E-state index in [4.69, 9.17) is 15.2 Å². The van der Waals surface area contributed by atoms with Gasteiger partial charge in [-0.2, -0.15) is 9.97 Å². The van der Waals surface area contributed by atoms with Gasteiger partial charge in [0.1, 0.15) is 5.75 Å². The molecule has 2 aromatic rings. The van der Waals surface area contributed by atoms with Crippen LogP contribution in [0.5, 0.6) is 17.8 Å². The largest absolute Gasteiger partial charge is 0.464 e. The molecule has 2 rings (SSSR count). The summed E-state index contributed by atoms with van der Waals surface area (Å²) in [5.74, 6) is 0.712. The van der Waals surface area contributed by atoms with Crippen molar-refractivity contribution in [2.24, 2.45) is 0 Å². The lowest BCUT2D eigenvalue weighted by Gasteiger charge is -2.06. The molecule has 0 radical (unpaired) electrons. The molecule has 0 saturated heterocycles. The highest BCUT2D eigenvalue weighted by atomic mass is 16.5. The summed E-state index contributed by atoms with van der Waals surface area (Å²) in [4.78, 5) is 11.8. The highest BCUT2D eigenvalue weighted by Gasteiger charge is 2.07. The summed E-state index contributed by atoms with van der Waals surface area (Å²) in [5.41, 5.74) is 6.80. The molecule has 0 spiro atoms. The summed E-state index contributed by atoms with van der Waals surface area (Å²) in [5, 5.41) is 0. The van der Waals surface area contributed by atoms with Crippen molar-refractivity contribution in [3.8, 4) is 17.8 Å². The smallest absolute Gasteiger partial charge is 0.330 e. The maximum absolute atomic E-state index is 5.57. The minimum absolute atomic E-state index is 0.0682. The van der Waals surface area contributed by atoms with E-state index in [-0.39, 0.29) is 18.0 Å². The van der Waals surface area contributed by atoms with Crippen molar-refractivity contribution in [1.82, 2.24) is 15.0 Å². The van der Waals surface area contributed by atoms with Gasteiger partial charge in [0, 0.05) is 0 Å². The van der Waals surface area contributed by atoms with Crippen molar-refractivity contribution in [3.63, 3.8) is 0 Å². The maximum atomic E-state index is 5.57. The predicted molar refractivity (Wildman–Crippen MR) is 71.3 cm³/mol. The molecule has 0 aliphatic carbocycles. The number of ether oxygens (including phenoxy) is 2. The molecule has 0 amide bonds. The summed E-state index contributed by atoms with van der Waals surface area (Å²) in [6.45, 7) is 4.38. The van der Waals surface area contributed by atoms with E-state index >= 15 is 0 Å². The summed E-state index contributed by atoms with van der Waals surface area (Å²) in [7, 11) is 0. The summed E-state index contributed by atoms with van der Waals surface area (Å²) in [6.07, 6.45) is 0.980. The Hall–Kier alpha value is -2.37. The van der Waals surface area contributed by atoms with Crippen LogP contribution >= 0.6 is 0 Å². The van der Waals surface area contributed by atoms with Crippen molar-refractivity contribution < 1.29 is 9.47 Å². The molecule has 2 N–H and O–H groups in total. The molecule has 1 aromatic heterocycles. The van der Waals surface area contributed by atoms with E-state index in [2.05, 4.69) is 21.9 Å². The second-order valence-electron chi connectivity index (χ2n) is 3.79. The molecule has 1 aromatic carbocycles. The lowest BCUT2D eigenvalue weighted by Crippen LogP contribution is -2.04. The molecular formula is C13H16N4O2. The zero-order valence-corrected chi connectivity index (χ0v) is 11.0. The molecule has 19 heavy (non-hydrogen) atoms. The number of benzene rings is 1. The third-order valence-corrected chi connectivity index (χ3v) is 2.43. The van der Waals surface area contributed by atoms with E-state index in [1.54, 1.807) is 0 Å². The van der Waals surface area contributed by atoms with Crippen LogP contribution in [0.3, 0.4) is 0 Å². The number of aromatic nitrogens is 3. The molecule has 0 fully saturated rings. The van der Waals surface area contributed by atoms with E-state index in [0.29, 0.717) is 12.4 Å². The van der Waals surface area contributed by atoms with Crippen LogP contribution in [0.4, 0.5) is 5.95 Å². The molecule has 0 aliphatic heterocycles. The molecule has 0 bridgehead atoms. The average molecular weight is 260 g/mol. The minimum atomic E-state index is 0.0682. The Kier molecular flexibility index (Phi) is 4.12. The quantitative estimate of drug-likeness (QED) is 0.887. The highest BCUT2D eigenvalue weighted by Crippen LogP contribution is 2.20. The Labute approximate surface area is 111 Å². The Morgan fingerprint density at radius 3 is 2.32 bits per heavy atom. The Morgan fingerprint density at radius 1 is 1.00 bits per heavy atom. The molecule has 6 nitrogen and oxygen atoms in total. The number of hydrogen-bond donors (Lipinski definition) is 1. The minimum Gasteiger partial charge on any atom is -0.464 e. The van der Waals surface area contributed by atoms with Gasteiger partial charge in [0.05, 0.1) is 6.61 Å². The van der Waals surface area contributed by atoms with Crippen LogP contribution < -0.4 is 15.2 Å². The van der Waals surface area contributed by atoms with E-state index < -0.39 is 0 Å². The number of nitrogen functional groups attached to an aromatic ring is 1. The predicted octanol–water partition coefficient (Wildman–Crippen LogP) is 2.21. The van der Waals surface area contributed by atoms with Crippen molar-refractivity contribution in [2.45, 2.75) is 20.3 Å². The Morgan fingerprint density at radius 2 is 1.68 bits per heavy atom. The van der Waals surface area contributed by atoms with Gasteiger partial charge in [0.25, 0.3) is 0 Å². The monoisotopic (exact) mass is 260 g/mol. The number of aryl methyl sites for hydroxylation is 1. The third-order valence-electron chi connectivity index (χ3n) is 2.43. The summed E-state index contributed by atoms with van der Waals surface area (Å²) < 4.78 is 10.7. The standard InChI is InChI=1S/C13H16N4O2/c1-3-9-5-7-10(8-6-9)19-13-16-11(14)15-12(17-13)18-4-2/h5-8H,3-4H2,1-2H3,(H2,14,15,16,17). The number of anilines is 1. The van der Waals surface area contributed by atoms with E-state index in [0.717, 1.165) is 6.42 Å².